The van der Waals surface area contributed by atoms with E-state index in [1.54, 1.807) is 6.92 Å². The molecule has 1 aliphatic heterocycles. The van der Waals surface area contributed by atoms with Crippen LogP contribution in [0.3, 0.4) is 0 Å². The number of carbonyl (C=O) groups is 2. The fraction of sp³-hybridized carbons (Fsp3) is 0.385. The molecule has 0 aliphatic carbocycles. The summed E-state index contributed by atoms with van der Waals surface area (Å²) in [6, 6.07) is 0.631. The van der Waals surface area contributed by atoms with Crippen molar-refractivity contribution in [3.05, 3.63) is 29.6 Å². The molecule has 20 heavy (non-hydrogen) atoms. The summed E-state index contributed by atoms with van der Waals surface area (Å²) in [5, 5.41) is 0. The van der Waals surface area contributed by atoms with Crippen LogP contribution in [0.4, 0.5) is 18.9 Å². The number of esters is 1. The number of nitrogens with zero attached hydrogens (tertiary/aromatic N) is 1. The highest BCUT2D eigenvalue weighted by atomic mass is 19.2. The van der Waals surface area contributed by atoms with E-state index in [0.29, 0.717) is 6.07 Å². The molecule has 0 aromatic heterocycles. The maximum atomic E-state index is 13.7. The van der Waals surface area contributed by atoms with Crippen molar-refractivity contribution in [3.8, 4) is 0 Å². The van der Waals surface area contributed by atoms with Gasteiger partial charge in [-0.05, 0) is 25.5 Å². The summed E-state index contributed by atoms with van der Waals surface area (Å²) in [4.78, 5) is 24.3. The van der Waals surface area contributed by atoms with Crippen LogP contribution in [0.15, 0.2) is 12.1 Å². The van der Waals surface area contributed by atoms with Crippen molar-refractivity contribution in [1.82, 2.24) is 0 Å². The van der Waals surface area contributed by atoms with E-state index in [2.05, 4.69) is 0 Å². The van der Waals surface area contributed by atoms with Gasteiger partial charge in [0.2, 0.25) is 5.91 Å². The van der Waals surface area contributed by atoms with Gasteiger partial charge >= 0.3 is 5.97 Å². The smallest absolute Gasteiger partial charge is 0.329 e. The lowest BCUT2D eigenvalue weighted by Gasteiger charge is -2.23. The lowest BCUT2D eigenvalue weighted by Crippen LogP contribution is -2.40. The fourth-order valence-corrected chi connectivity index (χ4v) is 2.15. The van der Waals surface area contributed by atoms with Gasteiger partial charge in [-0.1, -0.05) is 0 Å². The van der Waals surface area contributed by atoms with Crippen LogP contribution in [-0.2, 0) is 14.3 Å². The Morgan fingerprint density at radius 1 is 1.35 bits per heavy atom. The first-order chi connectivity index (χ1) is 9.47. The predicted octanol–water partition coefficient (Wildman–Crippen LogP) is 2.16. The van der Waals surface area contributed by atoms with Crippen LogP contribution < -0.4 is 4.90 Å². The number of rotatable bonds is 3. The molecule has 4 nitrogen and oxygen atoms in total. The summed E-state index contributed by atoms with van der Waals surface area (Å²) in [5.74, 6) is -5.75. The molecule has 1 aromatic carbocycles. The molecule has 1 saturated heterocycles. The number of benzene rings is 1. The average Bonchev–Trinajstić information content (AvgIpc) is 2.79. The molecule has 0 N–H and O–H groups in total. The standard InChI is InChI=1S/C13H12F3NO3/c1-2-20-13(19)9-5-6-10(18)17(9)8-4-3-7(14)11(15)12(8)16/h3-4,9H,2,5-6H2,1H3. The SMILES string of the molecule is CCOC(=O)C1CCC(=O)N1c1ccc(F)c(F)c1F. The van der Waals surface area contributed by atoms with Gasteiger partial charge in [-0.25, -0.2) is 18.0 Å². The minimum absolute atomic E-state index is 0.0158. The average molecular weight is 287 g/mol. The van der Waals surface area contributed by atoms with Crippen molar-refractivity contribution >= 4 is 17.6 Å². The number of carbonyl (C=O) groups excluding carboxylic acids is 2. The van der Waals surface area contributed by atoms with Crippen LogP contribution in [-0.4, -0.2) is 24.5 Å². The molecule has 0 spiro atoms. The second-order valence-corrected chi connectivity index (χ2v) is 4.26. The van der Waals surface area contributed by atoms with Crippen LogP contribution in [0.5, 0.6) is 0 Å². The molecule has 1 aliphatic rings. The predicted molar refractivity (Wildman–Crippen MR) is 63.5 cm³/mol. The fourth-order valence-electron chi connectivity index (χ4n) is 2.15. The number of halogens is 3. The zero-order chi connectivity index (χ0) is 14.9. The summed E-state index contributed by atoms with van der Waals surface area (Å²) in [6.07, 6.45) is 0.165. The van der Waals surface area contributed by atoms with E-state index in [1.807, 2.05) is 0 Å². The third-order valence-electron chi connectivity index (χ3n) is 3.05. The van der Waals surface area contributed by atoms with E-state index in [0.717, 1.165) is 11.0 Å². The summed E-state index contributed by atoms with van der Waals surface area (Å²) >= 11 is 0. The molecule has 2 rings (SSSR count). The first-order valence-corrected chi connectivity index (χ1v) is 6.09. The van der Waals surface area contributed by atoms with E-state index in [9.17, 15) is 22.8 Å². The van der Waals surface area contributed by atoms with Crippen molar-refractivity contribution < 1.29 is 27.5 Å². The maximum Gasteiger partial charge on any atom is 0.329 e. The second-order valence-electron chi connectivity index (χ2n) is 4.26. The Balaban J connectivity index is 2.40. The van der Waals surface area contributed by atoms with E-state index in [-0.39, 0.29) is 19.4 Å². The molecule has 108 valence electrons. The van der Waals surface area contributed by atoms with Crippen LogP contribution in [0.2, 0.25) is 0 Å². The minimum atomic E-state index is -1.68. The number of amides is 1. The Morgan fingerprint density at radius 3 is 2.70 bits per heavy atom. The molecule has 0 radical (unpaired) electrons. The van der Waals surface area contributed by atoms with Gasteiger partial charge in [0.15, 0.2) is 17.5 Å². The van der Waals surface area contributed by atoms with Gasteiger partial charge in [0.1, 0.15) is 6.04 Å². The third kappa shape index (κ3) is 2.35. The molecule has 7 heteroatoms. The summed E-state index contributed by atoms with van der Waals surface area (Å²) in [5.41, 5.74) is -0.454. The molecular formula is C13H12F3NO3. The molecule has 1 heterocycles. The molecule has 0 saturated carbocycles. The van der Waals surface area contributed by atoms with Crippen molar-refractivity contribution in [3.63, 3.8) is 0 Å². The lowest BCUT2D eigenvalue weighted by atomic mass is 10.2. The second kappa shape index (κ2) is 5.52. The van der Waals surface area contributed by atoms with Crippen molar-refractivity contribution in [2.24, 2.45) is 0 Å². The van der Waals surface area contributed by atoms with Crippen LogP contribution in [0.25, 0.3) is 0 Å². The molecule has 1 aromatic rings. The van der Waals surface area contributed by atoms with Gasteiger partial charge < -0.3 is 4.74 Å². The Labute approximate surface area is 113 Å². The Hall–Kier alpha value is -2.05. The highest BCUT2D eigenvalue weighted by Gasteiger charge is 2.40. The number of hydrogen-bond donors (Lipinski definition) is 0. The van der Waals surface area contributed by atoms with E-state index in [1.165, 1.54) is 0 Å². The first-order valence-electron chi connectivity index (χ1n) is 6.09. The normalized spacial score (nSPS) is 18.5. The van der Waals surface area contributed by atoms with Gasteiger partial charge in [-0.3, -0.25) is 9.69 Å². The summed E-state index contributed by atoms with van der Waals surface area (Å²) in [7, 11) is 0. The Kier molecular flexibility index (Phi) is 3.96. The molecule has 1 unspecified atom stereocenters. The Morgan fingerprint density at radius 2 is 2.05 bits per heavy atom. The number of ether oxygens (including phenoxy) is 1. The van der Waals surface area contributed by atoms with Crippen molar-refractivity contribution in [1.29, 1.82) is 0 Å². The molecule has 1 atom stereocenters. The quantitative estimate of drug-likeness (QED) is 0.632. The highest BCUT2D eigenvalue weighted by Crippen LogP contribution is 2.31. The van der Waals surface area contributed by atoms with E-state index < -0.39 is 41.1 Å². The first kappa shape index (κ1) is 14.4. The Bertz CT molecular complexity index is 562. The van der Waals surface area contributed by atoms with Crippen molar-refractivity contribution in [2.75, 3.05) is 11.5 Å². The highest BCUT2D eigenvalue weighted by molar-refractivity contribution is 6.02. The number of anilines is 1. The zero-order valence-electron chi connectivity index (χ0n) is 10.7. The van der Waals surface area contributed by atoms with Gasteiger partial charge in [0.05, 0.1) is 12.3 Å². The van der Waals surface area contributed by atoms with Crippen LogP contribution in [0, 0.1) is 17.5 Å². The minimum Gasteiger partial charge on any atom is -0.464 e. The summed E-state index contributed by atoms with van der Waals surface area (Å²) in [6.45, 7) is 1.70. The summed E-state index contributed by atoms with van der Waals surface area (Å²) < 4.78 is 44.7. The maximum absolute atomic E-state index is 13.7. The van der Waals surface area contributed by atoms with E-state index in [4.69, 9.17) is 4.74 Å². The van der Waals surface area contributed by atoms with Gasteiger partial charge in [0, 0.05) is 6.42 Å². The molecule has 0 bridgehead atoms. The topological polar surface area (TPSA) is 46.6 Å². The molecule has 1 fully saturated rings. The number of hydrogen-bond acceptors (Lipinski definition) is 3. The van der Waals surface area contributed by atoms with Gasteiger partial charge in [-0.15, -0.1) is 0 Å². The largest absolute Gasteiger partial charge is 0.464 e. The zero-order valence-corrected chi connectivity index (χ0v) is 10.7. The third-order valence-corrected chi connectivity index (χ3v) is 3.05. The molecule has 1 amide bonds. The van der Waals surface area contributed by atoms with Crippen LogP contribution >= 0.6 is 0 Å². The lowest BCUT2D eigenvalue weighted by molar-refractivity contribution is -0.144. The van der Waals surface area contributed by atoms with Gasteiger partial charge in [0.25, 0.3) is 0 Å². The monoisotopic (exact) mass is 287 g/mol. The molecular weight excluding hydrogens is 275 g/mol. The van der Waals surface area contributed by atoms with Crippen molar-refractivity contribution in [2.45, 2.75) is 25.8 Å². The van der Waals surface area contributed by atoms with E-state index >= 15 is 0 Å². The van der Waals surface area contributed by atoms with Gasteiger partial charge in [-0.2, -0.15) is 0 Å². The van der Waals surface area contributed by atoms with Crippen LogP contribution in [0.1, 0.15) is 19.8 Å².